The Hall–Kier alpha value is -4.31. The number of pyridine rings is 1. The van der Waals surface area contributed by atoms with Crippen molar-refractivity contribution >= 4 is 27.0 Å². The number of benzene rings is 1. The van der Waals surface area contributed by atoms with Gasteiger partial charge in [0.15, 0.2) is 0 Å². The van der Waals surface area contributed by atoms with Gasteiger partial charge in [-0.05, 0) is 40.1 Å². The van der Waals surface area contributed by atoms with Gasteiger partial charge in [0, 0.05) is 22.4 Å². The first kappa shape index (κ1) is 34.9. The van der Waals surface area contributed by atoms with Gasteiger partial charge in [-0.2, -0.15) is 32.3 Å². The minimum atomic E-state index is -5.08. The molecule has 5 N–H and O–H groups in total. The van der Waals surface area contributed by atoms with Gasteiger partial charge >= 0.3 is 23.8 Å². The summed E-state index contributed by atoms with van der Waals surface area (Å²) >= 11 is 0. The number of nitrogens with one attached hydrogen (secondary N) is 1. The van der Waals surface area contributed by atoms with Gasteiger partial charge in [0.1, 0.15) is 23.2 Å². The molecule has 0 fully saturated rings. The molecule has 3 aromatic rings. The third-order valence-corrected chi connectivity index (χ3v) is 6.22. The van der Waals surface area contributed by atoms with Crippen molar-refractivity contribution < 1.29 is 46.5 Å². The number of ether oxygens (including phenoxy) is 1. The van der Waals surface area contributed by atoms with E-state index in [1.54, 1.807) is 6.20 Å². The van der Waals surface area contributed by atoms with E-state index in [1.807, 2.05) is 24.3 Å². The Kier molecular flexibility index (Phi) is 12.4. The normalized spacial score (nSPS) is 11.9. The van der Waals surface area contributed by atoms with E-state index in [1.165, 1.54) is 12.8 Å². The molecule has 0 saturated heterocycles. The second kappa shape index (κ2) is 15.2. The summed E-state index contributed by atoms with van der Waals surface area (Å²) in [5.41, 5.74) is 8.57. The number of nitrogens with two attached hydrogens (primary N) is 1. The molecule has 0 aliphatic heterocycles. The summed E-state index contributed by atoms with van der Waals surface area (Å²) in [6.45, 7) is 2.86. The maximum absolute atomic E-state index is 11.2. The Bertz CT molecular complexity index is 1440. The quantitative estimate of drug-likeness (QED) is 0.136. The number of halogens is 5. The third-order valence-electron chi connectivity index (χ3n) is 5.98. The summed E-state index contributed by atoms with van der Waals surface area (Å²) in [6.07, 6.45) is 2.88. The molecule has 16 heteroatoms. The number of carbonyl (C=O) groups is 2. The van der Waals surface area contributed by atoms with Crippen LogP contribution in [0.4, 0.5) is 27.8 Å². The number of alkyl halides is 5. The van der Waals surface area contributed by atoms with Crippen LogP contribution in [0, 0.1) is 11.3 Å². The monoisotopic (exact) mass is 629 g/mol. The lowest BCUT2D eigenvalue weighted by Gasteiger charge is -2.22. The molecule has 232 valence electrons. The number of nitrogens with zero attached hydrogens (tertiary/aromatic N) is 3. The first-order chi connectivity index (χ1) is 20.1. The van der Waals surface area contributed by atoms with E-state index < -0.39 is 23.8 Å². The van der Waals surface area contributed by atoms with Crippen LogP contribution in [0.3, 0.4) is 0 Å². The van der Waals surface area contributed by atoms with Crippen molar-refractivity contribution in [3.63, 3.8) is 0 Å². The summed E-state index contributed by atoms with van der Waals surface area (Å²) < 4.78 is 60.3. The lowest BCUT2D eigenvalue weighted by molar-refractivity contribution is -0.192. The molecule has 0 saturated carbocycles. The van der Waals surface area contributed by atoms with Gasteiger partial charge in [-0.25, -0.2) is 14.6 Å². The zero-order chi connectivity index (χ0) is 32.4. The van der Waals surface area contributed by atoms with Crippen LogP contribution in [0.15, 0.2) is 30.5 Å². The Labute approximate surface area is 245 Å². The topological polar surface area (TPSA) is 175 Å². The van der Waals surface area contributed by atoms with Crippen LogP contribution in [0.5, 0.6) is 5.75 Å². The smallest absolute Gasteiger partial charge is 0.490 e. The van der Waals surface area contributed by atoms with Crippen molar-refractivity contribution in [1.29, 1.82) is 5.26 Å². The van der Waals surface area contributed by atoms with Crippen molar-refractivity contribution in [2.45, 2.75) is 57.3 Å². The zero-order valence-electron chi connectivity index (χ0n) is 22.8. The molecule has 1 aliphatic carbocycles. The summed E-state index contributed by atoms with van der Waals surface area (Å²) in [5.74, 6) is -3.86. The van der Waals surface area contributed by atoms with E-state index in [0.717, 1.165) is 74.3 Å². The number of H-pyrrole nitrogens is 1. The Morgan fingerprint density at radius 2 is 1.72 bits per heavy atom. The maximum Gasteiger partial charge on any atom is 0.490 e. The number of para-hydroxylation sites is 1. The fourth-order valence-corrected chi connectivity index (χ4v) is 3.99. The number of hydrogen-bond donors (Lipinski definition) is 4. The summed E-state index contributed by atoms with van der Waals surface area (Å²) in [4.78, 5) is 22.7. The number of carboxylic acids is 2. The molecular formula is C27H29F5N5O5P. The molecule has 43 heavy (non-hydrogen) atoms. The van der Waals surface area contributed by atoms with E-state index >= 15 is 0 Å². The second-order valence-corrected chi connectivity index (χ2v) is 9.81. The number of hydrogen-bond acceptors (Lipinski definition) is 7. The first-order valence-electron chi connectivity index (χ1n) is 12.8. The number of fused-ring (bicyclic) bond motifs is 3. The minimum Gasteiger partial charge on any atom is -0.493 e. The predicted molar refractivity (Wildman–Crippen MR) is 149 cm³/mol. The van der Waals surface area contributed by atoms with Gasteiger partial charge in [0.05, 0.1) is 18.5 Å². The molecular weight excluding hydrogens is 600 g/mol. The fraction of sp³-hybridized carbons (Fsp3) is 0.370. The number of nitriles is 1. The van der Waals surface area contributed by atoms with E-state index in [9.17, 15) is 32.0 Å². The van der Waals surface area contributed by atoms with Crippen molar-refractivity contribution in [2.75, 3.05) is 12.3 Å². The number of anilines is 1. The largest absolute Gasteiger partial charge is 0.493 e. The summed E-state index contributed by atoms with van der Waals surface area (Å²) in [7, 11) is 0.898. The molecule has 1 aliphatic rings. The molecule has 0 amide bonds. The molecule has 2 heterocycles. The van der Waals surface area contributed by atoms with Crippen molar-refractivity contribution in [2.24, 2.45) is 0 Å². The van der Waals surface area contributed by atoms with E-state index in [-0.39, 0.29) is 5.82 Å². The standard InChI is InChI=1S/C23H25N5O.C2HF3O2.C2H3F2O2P/c1-2-3-4-7-12-29-20-9-6-5-8-15(20)21-16-10-11-19-18(14-26-28-19)22(16)27-23(25)17(21)13-24;3-2(4,5)1(6)7;3-2(4,7)1(5)6/h5-6,8-9,14H,2-4,7,10-12H2,1H3,(H2,25,27)(H,26,28);(H,6,7);7H2,(H,5,6). The zero-order valence-corrected chi connectivity index (χ0v) is 24.0. The van der Waals surface area contributed by atoms with E-state index in [4.69, 9.17) is 25.5 Å². The summed E-state index contributed by atoms with van der Waals surface area (Å²) in [5, 5.41) is 31.7. The highest BCUT2D eigenvalue weighted by Gasteiger charge is 2.38. The Morgan fingerprint density at radius 3 is 2.28 bits per heavy atom. The average molecular weight is 630 g/mol. The number of aryl methyl sites for hydroxylation is 1. The molecule has 0 bridgehead atoms. The number of aromatic amines is 1. The number of aliphatic carboxylic acids is 2. The lowest BCUT2D eigenvalue weighted by atomic mass is 9.85. The summed E-state index contributed by atoms with van der Waals surface area (Å²) in [6, 6.07) is 10.2. The first-order valence-corrected chi connectivity index (χ1v) is 13.4. The fourth-order valence-electron chi connectivity index (χ4n) is 3.99. The lowest BCUT2D eigenvalue weighted by Crippen LogP contribution is -2.21. The van der Waals surface area contributed by atoms with Crippen LogP contribution >= 0.6 is 9.24 Å². The molecule has 1 unspecified atom stereocenters. The highest BCUT2D eigenvalue weighted by atomic mass is 31.0. The van der Waals surface area contributed by atoms with Crippen LogP contribution in [-0.4, -0.2) is 55.8 Å². The van der Waals surface area contributed by atoms with Crippen molar-refractivity contribution in [3.8, 4) is 34.2 Å². The second-order valence-electron chi connectivity index (χ2n) is 9.08. The molecule has 4 rings (SSSR count). The number of aromatic nitrogens is 3. The van der Waals surface area contributed by atoms with Gasteiger partial charge in [0.2, 0.25) is 0 Å². The van der Waals surface area contributed by atoms with Crippen LogP contribution in [-0.2, 0) is 22.4 Å². The highest BCUT2D eigenvalue weighted by Crippen LogP contribution is 2.43. The van der Waals surface area contributed by atoms with Crippen LogP contribution < -0.4 is 10.5 Å². The van der Waals surface area contributed by atoms with Gasteiger partial charge in [-0.3, -0.25) is 5.10 Å². The number of carboxylic acid groups (broad SMARTS) is 2. The van der Waals surface area contributed by atoms with Crippen LogP contribution in [0.25, 0.3) is 22.4 Å². The highest BCUT2D eigenvalue weighted by molar-refractivity contribution is 7.20. The molecule has 1 aromatic carbocycles. The third kappa shape index (κ3) is 9.61. The molecule has 0 spiro atoms. The molecule has 0 radical (unpaired) electrons. The minimum absolute atomic E-state index is 0.244. The Balaban J connectivity index is 0.000000384. The van der Waals surface area contributed by atoms with Gasteiger partial charge < -0.3 is 20.7 Å². The maximum atomic E-state index is 11.2. The molecule has 2 aromatic heterocycles. The van der Waals surface area contributed by atoms with Crippen LogP contribution in [0.2, 0.25) is 0 Å². The van der Waals surface area contributed by atoms with Crippen LogP contribution in [0.1, 0.15) is 49.4 Å². The Morgan fingerprint density at radius 1 is 1.09 bits per heavy atom. The number of rotatable bonds is 8. The van der Waals surface area contributed by atoms with Gasteiger partial charge in [-0.1, -0.05) is 44.4 Å². The number of unbranched alkanes of at least 4 members (excludes halogenated alkanes) is 3. The van der Waals surface area contributed by atoms with E-state index in [0.29, 0.717) is 12.2 Å². The van der Waals surface area contributed by atoms with Gasteiger partial charge in [0.25, 0.3) is 0 Å². The predicted octanol–water partition coefficient (Wildman–Crippen LogP) is 5.82. The van der Waals surface area contributed by atoms with Crippen molar-refractivity contribution in [1.82, 2.24) is 15.2 Å². The average Bonchev–Trinajstić information content (AvgIpc) is 3.42. The van der Waals surface area contributed by atoms with Crippen molar-refractivity contribution in [3.05, 3.63) is 47.3 Å². The number of nitrogen functional groups attached to an aromatic ring is 1. The SMILES string of the molecule is CCCCCCOc1ccccc1-c1c(C#N)c(N)nc2c1CCc1[nH]ncc1-2.O=C(O)C(F)(F)F.O=C(O)C(F)(F)P. The van der Waals surface area contributed by atoms with E-state index in [2.05, 4.69) is 28.2 Å². The van der Waals surface area contributed by atoms with Gasteiger partial charge in [-0.15, -0.1) is 0 Å². The molecule has 1 atom stereocenters. The molecule has 10 nitrogen and oxygen atoms in total.